The standard InChI is InChI=1S/C19H21N3O4/c1-12-18(24)21(3)9-10-22(12)19(25)14-4-6-15(7-5-14)20-17(23)16-8-11-26-13(16)2/h4-8,11-12H,9-10H2,1-3H3,(H,20,23)/t12-/m0/s1. The van der Waals surface area contributed by atoms with Gasteiger partial charge in [-0.3, -0.25) is 14.4 Å². The molecule has 1 aliphatic rings. The molecule has 1 aromatic carbocycles. The van der Waals surface area contributed by atoms with Crippen LogP contribution in [0, 0.1) is 6.92 Å². The summed E-state index contributed by atoms with van der Waals surface area (Å²) in [6.07, 6.45) is 1.46. The van der Waals surface area contributed by atoms with Crippen molar-refractivity contribution in [3.8, 4) is 0 Å². The van der Waals surface area contributed by atoms with Gasteiger partial charge in [0.15, 0.2) is 0 Å². The highest BCUT2D eigenvalue weighted by Crippen LogP contribution is 2.18. The number of anilines is 1. The van der Waals surface area contributed by atoms with E-state index in [0.29, 0.717) is 35.7 Å². The molecular weight excluding hydrogens is 334 g/mol. The molecule has 1 aliphatic heterocycles. The molecule has 7 heteroatoms. The molecule has 26 heavy (non-hydrogen) atoms. The van der Waals surface area contributed by atoms with E-state index in [2.05, 4.69) is 5.32 Å². The van der Waals surface area contributed by atoms with Gasteiger partial charge in [0, 0.05) is 31.4 Å². The SMILES string of the molecule is Cc1occc1C(=O)Nc1ccc(C(=O)N2CCN(C)C(=O)[C@@H]2C)cc1. The summed E-state index contributed by atoms with van der Waals surface area (Å²) >= 11 is 0. The molecule has 1 saturated heterocycles. The van der Waals surface area contributed by atoms with Gasteiger partial charge in [0.25, 0.3) is 11.8 Å². The van der Waals surface area contributed by atoms with Gasteiger partial charge in [-0.2, -0.15) is 0 Å². The maximum Gasteiger partial charge on any atom is 0.259 e. The van der Waals surface area contributed by atoms with Crippen LogP contribution in [0.25, 0.3) is 0 Å². The molecule has 0 bridgehead atoms. The fourth-order valence-corrected chi connectivity index (χ4v) is 2.97. The van der Waals surface area contributed by atoms with Crippen LogP contribution >= 0.6 is 0 Å². The topological polar surface area (TPSA) is 82.9 Å². The van der Waals surface area contributed by atoms with Gasteiger partial charge in [0.2, 0.25) is 5.91 Å². The van der Waals surface area contributed by atoms with E-state index in [1.54, 1.807) is 61.0 Å². The Morgan fingerprint density at radius 1 is 1.15 bits per heavy atom. The summed E-state index contributed by atoms with van der Waals surface area (Å²) in [5.74, 6) is 0.0168. The van der Waals surface area contributed by atoms with Crippen molar-refractivity contribution in [2.24, 2.45) is 0 Å². The van der Waals surface area contributed by atoms with Crippen molar-refractivity contribution in [3.05, 3.63) is 53.5 Å². The Balaban J connectivity index is 1.69. The summed E-state index contributed by atoms with van der Waals surface area (Å²) in [6.45, 7) is 4.47. The number of amides is 3. The van der Waals surface area contributed by atoms with Crippen LogP contribution in [0.2, 0.25) is 0 Å². The normalized spacial score (nSPS) is 17.3. The predicted octanol–water partition coefficient (Wildman–Crippen LogP) is 2.14. The smallest absolute Gasteiger partial charge is 0.259 e. The van der Waals surface area contributed by atoms with Crippen LogP contribution in [0.5, 0.6) is 0 Å². The summed E-state index contributed by atoms with van der Waals surface area (Å²) < 4.78 is 5.13. The number of hydrogen-bond donors (Lipinski definition) is 1. The second kappa shape index (κ2) is 7.03. The van der Waals surface area contributed by atoms with Crippen molar-refractivity contribution in [1.82, 2.24) is 9.80 Å². The molecule has 0 spiro atoms. The predicted molar refractivity (Wildman–Crippen MR) is 96.0 cm³/mol. The van der Waals surface area contributed by atoms with E-state index >= 15 is 0 Å². The highest BCUT2D eigenvalue weighted by Gasteiger charge is 2.32. The quantitative estimate of drug-likeness (QED) is 0.914. The monoisotopic (exact) mass is 355 g/mol. The molecule has 1 aromatic heterocycles. The number of furan rings is 1. The molecule has 1 fully saturated rings. The molecular formula is C19H21N3O4. The van der Waals surface area contributed by atoms with Gasteiger partial charge in [0.05, 0.1) is 11.8 Å². The Hall–Kier alpha value is -3.09. The van der Waals surface area contributed by atoms with Gasteiger partial charge in [-0.1, -0.05) is 0 Å². The third-order valence-electron chi connectivity index (χ3n) is 4.63. The number of carbonyl (C=O) groups is 3. The first-order chi connectivity index (χ1) is 12.4. The number of nitrogens with one attached hydrogen (secondary N) is 1. The van der Waals surface area contributed by atoms with Crippen LogP contribution in [0.1, 0.15) is 33.4 Å². The Kier molecular flexibility index (Phi) is 4.79. The molecule has 136 valence electrons. The Labute approximate surface area is 151 Å². The van der Waals surface area contributed by atoms with Crippen molar-refractivity contribution in [3.63, 3.8) is 0 Å². The van der Waals surface area contributed by atoms with Crippen molar-refractivity contribution in [1.29, 1.82) is 0 Å². The average Bonchev–Trinajstić information content (AvgIpc) is 3.06. The summed E-state index contributed by atoms with van der Waals surface area (Å²) in [4.78, 5) is 40.1. The Morgan fingerprint density at radius 3 is 2.46 bits per heavy atom. The van der Waals surface area contributed by atoms with E-state index in [0.717, 1.165) is 0 Å². The lowest BCUT2D eigenvalue weighted by Crippen LogP contribution is -2.56. The number of hydrogen-bond acceptors (Lipinski definition) is 4. The molecule has 0 saturated carbocycles. The number of nitrogens with zero attached hydrogens (tertiary/aromatic N) is 2. The van der Waals surface area contributed by atoms with E-state index in [-0.39, 0.29) is 17.7 Å². The fraction of sp³-hybridized carbons (Fsp3) is 0.316. The second-order valence-electron chi connectivity index (χ2n) is 6.36. The molecule has 0 aliphatic carbocycles. The van der Waals surface area contributed by atoms with Crippen molar-refractivity contribution in [2.75, 3.05) is 25.5 Å². The maximum absolute atomic E-state index is 12.7. The molecule has 3 rings (SSSR count). The first-order valence-corrected chi connectivity index (χ1v) is 8.40. The minimum atomic E-state index is -0.482. The van der Waals surface area contributed by atoms with Crippen LogP contribution in [-0.4, -0.2) is 53.7 Å². The van der Waals surface area contributed by atoms with E-state index in [1.165, 1.54) is 6.26 Å². The highest BCUT2D eigenvalue weighted by atomic mass is 16.3. The van der Waals surface area contributed by atoms with E-state index in [4.69, 9.17) is 4.42 Å². The lowest BCUT2D eigenvalue weighted by molar-refractivity contribution is -0.137. The largest absolute Gasteiger partial charge is 0.469 e. The lowest BCUT2D eigenvalue weighted by atomic mass is 10.1. The van der Waals surface area contributed by atoms with E-state index in [9.17, 15) is 14.4 Å². The van der Waals surface area contributed by atoms with Gasteiger partial charge in [-0.15, -0.1) is 0 Å². The third kappa shape index (κ3) is 3.33. The molecule has 2 heterocycles. The summed E-state index contributed by atoms with van der Waals surface area (Å²) in [5.41, 5.74) is 1.52. The maximum atomic E-state index is 12.7. The summed E-state index contributed by atoms with van der Waals surface area (Å²) in [5, 5.41) is 2.77. The molecule has 0 radical (unpaired) electrons. The van der Waals surface area contributed by atoms with E-state index in [1.807, 2.05) is 0 Å². The lowest BCUT2D eigenvalue weighted by Gasteiger charge is -2.37. The number of benzene rings is 1. The minimum absolute atomic E-state index is 0.0658. The minimum Gasteiger partial charge on any atom is -0.469 e. The number of carbonyl (C=O) groups excluding carboxylic acids is 3. The zero-order valence-corrected chi connectivity index (χ0v) is 15.0. The van der Waals surface area contributed by atoms with Crippen LogP contribution in [0.15, 0.2) is 41.0 Å². The molecule has 1 N–H and O–H groups in total. The number of likely N-dealkylation sites (N-methyl/N-ethyl adjacent to an activating group) is 1. The molecule has 2 aromatic rings. The van der Waals surface area contributed by atoms with E-state index < -0.39 is 6.04 Å². The number of aryl methyl sites for hydroxylation is 1. The second-order valence-corrected chi connectivity index (χ2v) is 6.36. The fourth-order valence-electron chi connectivity index (χ4n) is 2.97. The van der Waals surface area contributed by atoms with Crippen LogP contribution in [0.4, 0.5) is 5.69 Å². The molecule has 1 atom stereocenters. The molecule has 7 nitrogen and oxygen atoms in total. The van der Waals surface area contributed by atoms with Crippen LogP contribution in [-0.2, 0) is 4.79 Å². The van der Waals surface area contributed by atoms with Crippen molar-refractivity contribution < 1.29 is 18.8 Å². The van der Waals surface area contributed by atoms with Crippen LogP contribution < -0.4 is 5.32 Å². The van der Waals surface area contributed by atoms with Gasteiger partial charge in [-0.05, 0) is 44.2 Å². The van der Waals surface area contributed by atoms with Gasteiger partial charge in [-0.25, -0.2) is 0 Å². The molecule has 0 unspecified atom stereocenters. The van der Waals surface area contributed by atoms with Crippen molar-refractivity contribution in [2.45, 2.75) is 19.9 Å². The Morgan fingerprint density at radius 2 is 1.85 bits per heavy atom. The van der Waals surface area contributed by atoms with Gasteiger partial charge in [0.1, 0.15) is 11.8 Å². The zero-order valence-electron chi connectivity index (χ0n) is 15.0. The highest BCUT2D eigenvalue weighted by molar-refractivity contribution is 6.05. The third-order valence-corrected chi connectivity index (χ3v) is 4.63. The first-order valence-electron chi connectivity index (χ1n) is 8.40. The van der Waals surface area contributed by atoms with Crippen LogP contribution in [0.3, 0.4) is 0 Å². The average molecular weight is 355 g/mol. The van der Waals surface area contributed by atoms with Crippen molar-refractivity contribution >= 4 is 23.4 Å². The zero-order chi connectivity index (χ0) is 18.8. The number of piperazine rings is 1. The first kappa shape index (κ1) is 17.7. The summed E-state index contributed by atoms with van der Waals surface area (Å²) in [6, 6.07) is 7.76. The van der Waals surface area contributed by atoms with Gasteiger partial charge >= 0.3 is 0 Å². The molecule has 3 amide bonds. The van der Waals surface area contributed by atoms with Gasteiger partial charge < -0.3 is 19.5 Å². The Bertz CT molecular complexity index is 841. The number of rotatable bonds is 3. The summed E-state index contributed by atoms with van der Waals surface area (Å²) in [7, 11) is 1.74.